The van der Waals surface area contributed by atoms with Gasteiger partial charge in [0.2, 0.25) is 17.7 Å². The summed E-state index contributed by atoms with van der Waals surface area (Å²) in [5.74, 6) is -0.415. The Bertz CT molecular complexity index is 659. The first-order valence-electron chi connectivity index (χ1n) is 8.80. The zero-order valence-electron chi connectivity index (χ0n) is 14.9. The Morgan fingerprint density at radius 3 is 2.60 bits per heavy atom. The molecule has 0 saturated carbocycles. The summed E-state index contributed by atoms with van der Waals surface area (Å²) >= 11 is 0. The van der Waals surface area contributed by atoms with E-state index in [9.17, 15) is 14.4 Å². The summed E-state index contributed by atoms with van der Waals surface area (Å²) in [5, 5.41) is 0. The highest BCUT2D eigenvalue weighted by molar-refractivity contribution is 5.93. The van der Waals surface area contributed by atoms with Crippen LogP contribution in [0.25, 0.3) is 0 Å². The Hall–Kier alpha value is -2.37. The lowest BCUT2D eigenvalue weighted by Gasteiger charge is -2.28. The molecule has 6 nitrogen and oxygen atoms in total. The van der Waals surface area contributed by atoms with Crippen molar-refractivity contribution in [1.82, 2.24) is 14.7 Å². The van der Waals surface area contributed by atoms with Crippen LogP contribution in [0.2, 0.25) is 0 Å². The highest BCUT2D eigenvalue weighted by Crippen LogP contribution is 2.27. The summed E-state index contributed by atoms with van der Waals surface area (Å²) in [6, 6.07) is 9.42. The molecule has 2 atom stereocenters. The van der Waals surface area contributed by atoms with E-state index < -0.39 is 0 Å². The fourth-order valence-electron chi connectivity index (χ4n) is 3.71. The molecule has 2 unspecified atom stereocenters. The molecule has 2 heterocycles. The Morgan fingerprint density at radius 1 is 1.20 bits per heavy atom. The van der Waals surface area contributed by atoms with Crippen molar-refractivity contribution < 1.29 is 14.4 Å². The van der Waals surface area contributed by atoms with E-state index in [0.29, 0.717) is 26.1 Å². The van der Waals surface area contributed by atoms with Gasteiger partial charge in [-0.1, -0.05) is 30.3 Å². The molecule has 2 fully saturated rings. The zero-order valence-corrected chi connectivity index (χ0v) is 14.9. The van der Waals surface area contributed by atoms with Gasteiger partial charge in [-0.2, -0.15) is 0 Å². The Kier molecular flexibility index (Phi) is 5.06. The van der Waals surface area contributed by atoms with Gasteiger partial charge >= 0.3 is 0 Å². The standard InChI is InChI=1S/C19H25N3O3/c1-20(2)19(25)16-9-6-10-22(16)18(24)15-11-17(23)21(13-15)12-14-7-4-3-5-8-14/h3-5,7-8,15-16H,6,9-13H2,1-2H3. The molecule has 2 saturated heterocycles. The summed E-state index contributed by atoms with van der Waals surface area (Å²) < 4.78 is 0. The van der Waals surface area contributed by atoms with Crippen molar-refractivity contribution in [3.05, 3.63) is 35.9 Å². The van der Waals surface area contributed by atoms with E-state index in [1.165, 1.54) is 4.90 Å². The maximum Gasteiger partial charge on any atom is 0.244 e. The third-order valence-corrected chi connectivity index (χ3v) is 5.04. The summed E-state index contributed by atoms with van der Waals surface area (Å²) in [4.78, 5) is 42.5. The van der Waals surface area contributed by atoms with Crippen LogP contribution < -0.4 is 0 Å². The van der Waals surface area contributed by atoms with Gasteiger partial charge in [-0.15, -0.1) is 0 Å². The maximum absolute atomic E-state index is 12.9. The number of benzene rings is 1. The molecule has 25 heavy (non-hydrogen) atoms. The third-order valence-electron chi connectivity index (χ3n) is 5.04. The molecule has 1 aromatic rings. The van der Waals surface area contributed by atoms with Gasteiger partial charge in [0.05, 0.1) is 5.92 Å². The number of nitrogens with zero attached hydrogens (tertiary/aromatic N) is 3. The van der Waals surface area contributed by atoms with Crippen molar-refractivity contribution in [2.75, 3.05) is 27.2 Å². The molecule has 2 aliphatic heterocycles. The van der Waals surface area contributed by atoms with Crippen molar-refractivity contribution in [2.24, 2.45) is 5.92 Å². The van der Waals surface area contributed by atoms with Gasteiger partial charge in [-0.25, -0.2) is 0 Å². The lowest BCUT2D eigenvalue weighted by molar-refractivity contribution is -0.144. The number of hydrogen-bond acceptors (Lipinski definition) is 3. The molecule has 0 spiro atoms. The molecule has 0 aromatic heterocycles. The fraction of sp³-hybridized carbons (Fsp3) is 0.526. The molecule has 3 amide bonds. The smallest absolute Gasteiger partial charge is 0.244 e. The molecule has 6 heteroatoms. The van der Waals surface area contributed by atoms with Crippen molar-refractivity contribution in [2.45, 2.75) is 31.8 Å². The normalized spacial score (nSPS) is 23.2. The van der Waals surface area contributed by atoms with E-state index in [-0.39, 0.29) is 36.1 Å². The van der Waals surface area contributed by atoms with Crippen molar-refractivity contribution >= 4 is 17.7 Å². The lowest BCUT2D eigenvalue weighted by Crippen LogP contribution is -2.47. The molecule has 2 aliphatic rings. The number of likely N-dealkylation sites (N-methyl/N-ethyl adjacent to an activating group) is 1. The average molecular weight is 343 g/mol. The number of hydrogen-bond donors (Lipinski definition) is 0. The monoisotopic (exact) mass is 343 g/mol. The van der Waals surface area contributed by atoms with Crippen LogP contribution in [-0.2, 0) is 20.9 Å². The first kappa shape index (κ1) is 17.5. The van der Waals surface area contributed by atoms with E-state index in [1.807, 2.05) is 30.3 Å². The van der Waals surface area contributed by atoms with Gasteiger partial charge in [-0.05, 0) is 18.4 Å². The average Bonchev–Trinajstić information content (AvgIpc) is 3.22. The fourth-order valence-corrected chi connectivity index (χ4v) is 3.71. The number of carbonyl (C=O) groups excluding carboxylic acids is 3. The number of amides is 3. The molecular weight excluding hydrogens is 318 g/mol. The molecule has 134 valence electrons. The molecule has 0 N–H and O–H groups in total. The first-order valence-corrected chi connectivity index (χ1v) is 8.80. The molecule has 0 aliphatic carbocycles. The van der Waals surface area contributed by atoms with Crippen molar-refractivity contribution in [1.29, 1.82) is 0 Å². The van der Waals surface area contributed by atoms with E-state index in [1.54, 1.807) is 23.9 Å². The highest BCUT2D eigenvalue weighted by atomic mass is 16.2. The lowest BCUT2D eigenvalue weighted by atomic mass is 10.1. The van der Waals surface area contributed by atoms with Gasteiger partial charge < -0.3 is 14.7 Å². The number of carbonyl (C=O) groups is 3. The van der Waals surface area contributed by atoms with Gasteiger partial charge in [0.1, 0.15) is 6.04 Å². The summed E-state index contributed by atoms with van der Waals surface area (Å²) in [5.41, 5.74) is 1.06. The van der Waals surface area contributed by atoms with Gasteiger partial charge in [0.25, 0.3) is 0 Å². The van der Waals surface area contributed by atoms with Crippen LogP contribution in [0.15, 0.2) is 30.3 Å². The van der Waals surface area contributed by atoms with E-state index in [4.69, 9.17) is 0 Å². The quantitative estimate of drug-likeness (QED) is 0.823. The van der Waals surface area contributed by atoms with Crippen LogP contribution in [0.5, 0.6) is 0 Å². The first-order chi connectivity index (χ1) is 12.0. The predicted molar refractivity (Wildman–Crippen MR) is 93.4 cm³/mol. The van der Waals surface area contributed by atoms with E-state index >= 15 is 0 Å². The summed E-state index contributed by atoms with van der Waals surface area (Å²) in [6.07, 6.45) is 1.78. The van der Waals surface area contributed by atoms with Crippen LogP contribution in [0.4, 0.5) is 0 Å². The molecular formula is C19H25N3O3. The minimum atomic E-state index is -0.374. The second kappa shape index (κ2) is 7.25. The zero-order chi connectivity index (χ0) is 18.0. The minimum Gasteiger partial charge on any atom is -0.347 e. The second-order valence-corrected chi connectivity index (χ2v) is 7.08. The number of likely N-dealkylation sites (tertiary alicyclic amines) is 2. The molecule has 1 aromatic carbocycles. The van der Waals surface area contributed by atoms with Crippen LogP contribution in [0.1, 0.15) is 24.8 Å². The van der Waals surface area contributed by atoms with Crippen LogP contribution >= 0.6 is 0 Å². The summed E-state index contributed by atoms with van der Waals surface area (Å²) in [6.45, 7) is 1.57. The topological polar surface area (TPSA) is 60.9 Å². The predicted octanol–water partition coefficient (Wildman–Crippen LogP) is 1.11. The van der Waals surface area contributed by atoms with Crippen LogP contribution in [0, 0.1) is 5.92 Å². The second-order valence-electron chi connectivity index (χ2n) is 7.08. The van der Waals surface area contributed by atoms with Crippen LogP contribution in [0.3, 0.4) is 0 Å². The van der Waals surface area contributed by atoms with Gasteiger partial charge in [0, 0.05) is 40.2 Å². The Balaban J connectivity index is 1.65. The van der Waals surface area contributed by atoms with Crippen LogP contribution in [-0.4, -0.2) is 65.6 Å². The van der Waals surface area contributed by atoms with Crippen molar-refractivity contribution in [3.8, 4) is 0 Å². The molecule has 0 radical (unpaired) electrons. The molecule has 3 rings (SSSR count). The highest BCUT2D eigenvalue weighted by Gasteiger charge is 2.41. The Labute approximate surface area is 148 Å². The SMILES string of the molecule is CN(C)C(=O)C1CCCN1C(=O)C1CC(=O)N(Cc2ccccc2)C1. The van der Waals surface area contributed by atoms with Gasteiger partial charge in [-0.3, -0.25) is 14.4 Å². The van der Waals surface area contributed by atoms with E-state index in [2.05, 4.69) is 0 Å². The maximum atomic E-state index is 12.9. The largest absolute Gasteiger partial charge is 0.347 e. The molecule has 0 bridgehead atoms. The van der Waals surface area contributed by atoms with Crippen molar-refractivity contribution in [3.63, 3.8) is 0 Å². The summed E-state index contributed by atoms with van der Waals surface area (Å²) in [7, 11) is 3.42. The van der Waals surface area contributed by atoms with Gasteiger partial charge in [0.15, 0.2) is 0 Å². The van der Waals surface area contributed by atoms with E-state index in [0.717, 1.165) is 12.0 Å². The number of rotatable bonds is 4. The Morgan fingerprint density at radius 2 is 1.92 bits per heavy atom. The minimum absolute atomic E-state index is 0.0110. The third kappa shape index (κ3) is 3.67.